The van der Waals surface area contributed by atoms with Crippen molar-refractivity contribution in [1.29, 1.82) is 0 Å². The van der Waals surface area contributed by atoms with Gasteiger partial charge in [0.1, 0.15) is 11.4 Å². The molecule has 106 valence electrons. The number of nitrogens with zero attached hydrogens (tertiary/aromatic N) is 2. The minimum atomic E-state index is -0.388. The van der Waals surface area contributed by atoms with E-state index in [-0.39, 0.29) is 5.60 Å². The maximum absolute atomic E-state index is 5.90. The third-order valence-electron chi connectivity index (χ3n) is 3.53. The van der Waals surface area contributed by atoms with Crippen LogP contribution in [0.5, 0.6) is 0 Å². The lowest BCUT2D eigenvalue weighted by molar-refractivity contribution is -0.0390. The second-order valence-electron chi connectivity index (χ2n) is 4.86. The zero-order valence-electron chi connectivity index (χ0n) is 12.2. The van der Waals surface area contributed by atoms with Gasteiger partial charge in [0.25, 0.3) is 0 Å². The van der Waals surface area contributed by atoms with E-state index in [0.717, 1.165) is 36.1 Å². The zero-order chi connectivity index (χ0) is 13.9. The molecule has 5 heteroatoms. The molecule has 1 aromatic heterocycles. The zero-order valence-corrected chi connectivity index (χ0v) is 13.1. The quantitative estimate of drug-likeness (QED) is 0.866. The predicted molar refractivity (Wildman–Crippen MR) is 80.5 cm³/mol. The summed E-state index contributed by atoms with van der Waals surface area (Å²) in [5, 5.41) is 3.37. The summed E-state index contributed by atoms with van der Waals surface area (Å²) in [6.07, 6.45) is 0.873. The van der Waals surface area contributed by atoms with E-state index in [1.165, 1.54) is 11.3 Å². The fourth-order valence-corrected chi connectivity index (χ4v) is 3.29. The Balaban J connectivity index is 2.43. The van der Waals surface area contributed by atoms with Crippen LogP contribution in [0.2, 0.25) is 0 Å². The molecule has 0 saturated carbocycles. The van der Waals surface area contributed by atoms with Gasteiger partial charge in [-0.15, -0.1) is 0 Å². The first kappa shape index (κ1) is 14.6. The molecule has 0 aromatic carbocycles. The van der Waals surface area contributed by atoms with Gasteiger partial charge < -0.3 is 10.1 Å². The Bertz CT molecular complexity index is 453. The molecule has 1 N–H and O–H groups in total. The summed E-state index contributed by atoms with van der Waals surface area (Å²) in [6.45, 7) is 9.87. The van der Waals surface area contributed by atoms with E-state index in [4.69, 9.17) is 14.7 Å². The Hall–Kier alpha value is -0.810. The highest BCUT2D eigenvalue weighted by molar-refractivity contribution is 7.98. The highest BCUT2D eigenvalue weighted by Crippen LogP contribution is 2.35. The summed E-state index contributed by atoms with van der Waals surface area (Å²) in [6, 6.07) is 0. The van der Waals surface area contributed by atoms with E-state index < -0.39 is 0 Å². The number of hydrogen-bond donors (Lipinski definition) is 1. The van der Waals surface area contributed by atoms with Crippen LogP contribution in [0, 0.1) is 0 Å². The standard InChI is InChI=1S/C14H23N3OS/c1-5-14(4,18-7-3)13-16-11-9-19-8-10(11)12(17-13)15-6-2/h5-9H2,1-4H3,(H,15,16,17). The van der Waals surface area contributed by atoms with Gasteiger partial charge >= 0.3 is 0 Å². The molecule has 1 unspecified atom stereocenters. The number of nitrogens with one attached hydrogen (secondary N) is 1. The molecular formula is C14H23N3OS. The van der Waals surface area contributed by atoms with Crippen LogP contribution >= 0.6 is 11.8 Å². The monoisotopic (exact) mass is 281 g/mol. The first-order valence-electron chi connectivity index (χ1n) is 7.00. The molecule has 1 aliphatic rings. The van der Waals surface area contributed by atoms with Crippen molar-refractivity contribution in [2.75, 3.05) is 18.5 Å². The van der Waals surface area contributed by atoms with E-state index in [1.807, 2.05) is 18.7 Å². The van der Waals surface area contributed by atoms with Gasteiger partial charge in [0, 0.05) is 30.2 Å². The normalized spacial score (nSPS) is 17.1. The molecule has 1 atom stereocenters. The first-order valence-corrected chi connectivity index (χ1v) is 8.15. The molecule has 0 bridgehead atoms. The average molecular weight is 281 g/mol. The SMILES string of the molecule is CCNc1nc(C(C)(CC)OCC)nc2c1CSC2. The third kappa shape index (κ3) is 2.87. The molecule has 4 nitrogen and oxygen atoms in total. The second kappa shape index (κ2) is 6.09. The van der Waals surface area contributed by atoms with Crippen molar-refractivity contribution < 1.29 is 4.74 Å². The number of anilines is 1. The average Bonchev–Trinajstić information content (AvgIpc) is 2.87. The van der Waals surface area contributed by atoms with Gasteiger partial charge in [-0.05, 0) is 27.2 Å². The predicted octanol–water partition coefficient (Wildman–Crippen LogP) is 3.32. The minimum Gasteiger partial charge on any atom is -0.370 e. The van der Waals surface area contributed by atoms with Gasteiger partial charge in [-0.25, -0.2) is 9.97 Å². The number of rotatable bonds is 6. The number of aromatic nitrogens is 2. The Labute approximate surface area is 119 Å². The first-order chi connectivity index (χ1) is 9.14. The summed E-state index contributed by atoms with van der Waals surface area (Å²) in [7, 11) is 0. The van der Waals surface area contributed by atoms with E-state index in [1.54, 1.807) is 0 Å². The van der Waals surface area contributed by atoms with Gasteiger partial charge in [-0.1, -0.05) is 6.92 Å². The van der Waals surface area contributed by atoms with Crippen molar-refractivity contribution in [3.8, 4) is 0 Å². The van der Waals surface area contributed by atoms with Gasteiger partial charge in [0.15, 0.2) is 5.82 Å². The van der Waals surface area contributed by atoms with Crippen molar-refractivity contribution >= 4 is 17.6 Å². The molecule has 0 spiro atoms. The minimum absolute atomic E-state index is 0.388. The molecular weight excluding hydrogens is 258 g/mol. The molecule has 0 aliphatic carbocycles. The van der Waals surface area contributed by atoms with Crippen LogP contribution in [0.15, 0.2) is 0 Å². The van der Waals surface area contributed by atoms with Crippen molar-refractivity contribution in [3.63, 3.8) is 0 Å². The molecule has 0 amide bonds. The van der Waals surface area contributed by atoms with E-state index >= 15 is 0 Å². The molecule has 0 fully saturated rings. The van der Waals surface area contributed by atoms with Crippen LogP contribution in [0.25, 0.3) is 0 Å². The van der Waals surface area contributed by atoms with Crippen LogP contribution < -0.4 is 5.32 Å². The van der Waals surface area contributed by atoms with E-state index in [0.29, 0.717) is 6.61 Å². The van der Waals surface area contributed by atoms with Crippen molar-refractivity contribution in [2.24, 2.45) is 0 Å². The Morgan fingerprint density at radius 2 is 2.05 bits per heavy atom. The Morgan fingerprint density at radius 3 is 2.68 bits per heavy atom. The summed E-state index contributed by atoms with van der Waals surface area (Å²) in [4.78, 5) is 9.50. The van der Waals surface area contributed by atoms with Gasteiger partial charge in [-0.2, -0.15) is 11.8 Å². The lowest BCUT2D eigenvalue weighted by Gasteiger charge is -2.27. The van der Waals surface area contributed by atoms with Crippen molar-refractivity contribution in [2.45, 2.75) is 51.2 Å². The number of thioether (sulfide) groups is 1. The number of ether oxygens (including phenoxy) is 1. The molecule has 2 rings (SSSR count). The lowest BCUT2D eigenvalue weighted by Crippen LogP contribution is -2.29. The largest absolute Gasteiger partial charge is 0.370 e. The highest BCUT2D eigenvalue weighted by Gasteiger charge is 2.31. The van der Waals surface area contributed by atoms with Crippen LogP contribution in [0.3, 0.4) is 0 Å². The van der Waals surface area contributed by atoms with Crippen LogP contribution in [-0.2, 0) is 21.8 Å². The van der Waals surface area contributed by atoms with Crippen molar-refractivity contribution in [3.05, 3.63) is 17.1 Å². The van der Waals surface area contributed by atoms with Gasteiger partial charge in [-0.3, -0.25) is 0 Å². The fourth-order valence-electron chi connectivity index (χ4n) is 2.24. The molecule has 19 heavy (non-hydrogen) atoms. The maximum atomic E-state index is 5.90. The van der Waals surface area contributed by atoms with Crippen LogP contribution in [0.1, 0.15) is 51.2 Å². The van der Waals surface area contributed by atoms with Crippen LogP contribution in [-0.4, -0.2) is 23.1 Å². The van der Waals surface area contributed by atoms with Gasteiger partial charge in [0.05, 0.1) is 5.69 Å². The van der Waals surface area contributed by atoms with Crippen LogP contribution in [0.4, 0.5) is 5.82 Å². The summed E-state index contributed by atoms with van der Waals surface area (Å²) in [5.41, 5.74) is 2.05. The molecule has 2 heterocycles. The fraction of sp³-hybridized carbons (Fsp3) is 0.714. The molecule has 0 saturated heterocycles. The number of hydrogen-bond acceptors (Lipinski definition) is 5. The molecule has 0 radical (unpaired) electrons. The molecule has 1 aliphatic heterocycles. The topological polar surface area (TPSA) is 47.0 Å². The van der Waals surface area contributed by atoms with E-state index in [9.17, 15) is 0 Å². The Morgan fingerprint density at radius 1 is 1.26 bits per heavy atom. The Kier molecular flexibility index (Phi) is 4.68. The highest BCUT2D eigenvalue weighted by atomic mass is 32.2. The lowest BCUT2D eigenvalue weighted by atomic mass is 10.0. The second-order valence-corrected chi connectivity index (χ2v) is 5.85. The van der Waals surface area contributed by atoms with Gasteiger partial charge in [0.2, 0.25) is 0 Å². The smallest absolute Gasteiger partial charge is 0.162 e. The third-order valence-corrected chi connectivity index (χ3v) is 4.50. The number of fused-ring (bicyclic) bond motifs is 1. The molecule has 1 aromatic rings. The van der Waals surface area contributed by atoms with Crippen molar-refractivity contribution in [1.82, 2.24) is 9.97 Å². The summed E-state index contributed by atoms with van der Waals surface area (Å²) in [5.74, 6) is 3.80. The summed E-state index contributed by atoms with van der Waals surface area (Å²) < 4.78 is 5.90. The summed E-state index contributed by atoms with van der Waals surface area (Å²) >= 11 is 1.90. The van der Waals surface area contributed by atoms with E-state index in [2.05, 4.69) is 26.1 Å². The maximum Gasteiger partial charge on any atom is 0.162 e.